The maximum atomic E-state index is 12.2. The lowest BCUT2D eigenvalue weighted by Crippen LogP contribution is -2.54. The molecule has 1 heterocycles. The van der Waals surface area contributed by atoms with E-state index in [0.29, 0.717) is 5.92 Å². The van der Waals surface area contributed by atoms with Gasteiger partial charge in [-0.05, 0) is 38.0 Å². The molecule has 2 unspecified atom stereocenters. The van der Waals surface area contributed by atoms with Crippen LogP contribution in [-0.4, -0.2) is 47.2 Å². The second kappa shape index (κ2) is 7.64. The van der Waals surface area contributed by atoms with Gasteiger partial charge in [-0.3, -0.25) is 4.79 Å². The quantitative estimate of drug-likeness (QED) is 0.733. The Hall–Kier alpha value is -1.30. The lowest BCUT2D eigenvalue weighted by Gasteiger charge is -2.35. The van der Waals surface area contributed by atoms with Gasteiger partial charge in [-0.2, -0.15) is 0 Å². The van der Waals surface area contributed by atoms with Gasteiger partial charge in [0.2, 0.25) is 0 Å². The van der Waals surface area contributed by atoms with Gasteiger partial charge < -0.3 is 21.1 Å². The summed E-state index contributed by atoms with van der Waals surface area (Å²) < 4.78 is 0. The Morgan fingerprint density at radius 3 is 2.43 bits per heavy atom. The highest BCUT2D eigenvalue weighted by atomic mass is 16.4. The number of urea groups is 1. The van der Waals surface area contributed by atoms with Crippen molar-refractivity contribution in [1.82, 2.24) is 10.2 Å². The number of rotatable bonds is 4. The Morgan fingerprint density at radius 2 is 1.81 bits per heavy atom. The predicted molar refractivity (Wildman–Crippen MR) is 79.9 cm³/mol. The SMILES string of the molecule is NC1CCCCC1NC(=O)N1CCC(CCC(=O)O)CC1. The van der Waals surface area contributed by atoms with Gasteiger partial charge in [-0.1, -0.05) is 12.8 Å². The Bertz CT molecular complexity index is 367. The monoisotopic (exact) mass is 297 g/mol. The fourth-order valence-corrected chi connectivity index (χ4v) is 3.34. The van der Waals surface area contributed by atoms with E-state index in [0.717, 1.165) is 58.0 Å². The molecule has 0 bridgehead atoms. The van der Waals surface area contributed by atoms with Crippen molar-refractivity contribution >= 4 is 12.0 Å². The second-order valence-corrected chi connectivity index (χ2v) is 6.37. The molecule has 1 saturated carbocycles. The number of hydrogen-bond donors (Lipinski definition) is 3. The molecule has 2 aliphatic rings. The minimum absolute atomic E-state index is 0.00552. The van der Waals surface area contributed by atoms with Crippen molar-refractivity contribution in [3.05, 3.63) is 0 Å². The van der Waals surface area contributed by atoms with E-state index in [1.54, 1.807) is 0 Å². The fourth-order valence-electron chi connectivity index (χ4n) is 3.34. The molecule has 1 aliphatic heterocycles. The molecule has 2 fully saturated rings. The van der Waals surface area contributed by atoms with Crippen molar-refractivity contribution in [1.29, 1.82) is 0 Å². The summed E-state index contributed by atoms with van der Waals surface area (Å²) >= 11 is 0. The van der Waals surface area contributed by atoms with Crippen LogP contribution in [0.1, 0.15) is 51.4 Å². The van der Waals surface area contributed by atoms with Gasteiger partial charge in [0.15, 0.2) is 0 Å². The summed E-state index contributed by atoms with van der Waals surface area (Å²) in [7, 11) is 0. The number of aliphatic carboxylic acids is 1. The first-order valence-electron chi connectivity index (χ1n) is 8.09. The summed E-state index contributed by atoms with van der Waals surface area (Å²) in [6.45, 7) is 1.44. The second-order valence-electron chi connectivity index (χ2n) is 6.37. The first-order valence-corrected chi connectivity index (χ1v) is 8.09. The number of likely N-dealkylation sites (tertiary alicyclic amines) is 1. The molecule has 0 spiro atoms. The third-order valence-electron chi connectivity index (χ3n) is 4.80. The highest BCUT2D eigenvalue weighted by molar-refractivity contribution is 5.74. The van der Waals surface area contributed by atoms with Gasteiger partial charge >= 0.3 is 12.0 Å². The predicted octanol–water partition coefficient (Wildman–Crippen LogP) is 1.54. The van der Waals surface area contributed by atoms with Crippen molar-refractivity contribution in [3.8, 4) is 0 Å². The summed E-state index contributed by atoms with van der Waals surface area (Å²) in [5.41, 5.74) is 6.06. The Morgan fingerprint density at radius 1 is 1.14 bits per heavy atom. The number of carbonyl (C=O) groups is 2. The largest absolute Gasteiger partial charge is 0.481 e. The number of carbonyl (C=O) groups excluding carboxylic acids is 1. The molecular weight excluding hydrogens is 270 g/mol. The van der Waals surface area contributed by atoms with Crippen LogP contribution in [-0.2, 0) is 4.79 Å². The minimum atomic E-state index is -0.735. The molecule has 0 aromatic rings. The zero-order valence-electron chi connectivity index (χ0n) is 12.6. The van der Waals surface area contributed by atoms with Crippen molar-refractivity contribution in [2.24, 2.45) is 11.7 Å². The molecule has 21 heavy (non-hydrogen) atoms. The molecule has 1 aliphatic carbocycles. The first-order chi connectivity index (χ1) is 10.1. The Balaban J connectivity index is 1.71. The molecule has 120 valence electrons. The van der Waals surface area contributed by atoms with E-state index in [1.807, 2.05) is 4.90 Å². The topological polar surface area (TPSA) is 95.7 Å². The standard InChI is InChI=1S/C15H27N3O3/c16-12-3-1-2-4-13(12)17-15(21)18-9-7-11(8-10-18)5-6-14(19)20/h11-13H,1-10,16H2,(H,17,21)(H,19,20). The molecule has 0 radical (unpaired) electrons. The summed E-state index contributed by atoms with van der Waals surface area (Å²) in [6, 6.07) is 0.181. The van der Waals surface area contributed by atoms with Gasteiger partial charge in [-0.25, -0.2) is 4.79 Å². The number of nitrogens with one attached hydrogen (secondary N) is 1. The third-order valence-corrected chi connectivity index (χ3v) is 4.80. The van der Waals surface area contributed by atoms with Crippen molar-refractivity contribution in [3.63, 3.8) is 0 Å². The highest BCUT2D eigenvalue weighted by Crippen LogP contribution is 2.22. The van der Waals surface area contributed by atoms with Gasteiger partial charge in [0.1, 0.15) is 0 Å². The average Bonchev–Trinajstić information content (AvgIpc) is 2.48. The number of nitrogens with two attached hydrogens (primary N) is 1. The van der Waals surface area contributed by atoms with Crippen LogP contribution in [0.4, 0.5) is 4.79 Å². The lowest BCUT2D eigenvalue weighted by atomic mass is 9.91. The third kappa shape index (κ3) is 4.88. The number of piperidine rings is 1. The zero-order valence-corrected chi connectivity index (χ0v) is 12.6. The Kier molecular flexibility index (Phi) is 5.85. The van der Waals surface area contributed by atoms with Gasteiger partial charge in [0, 0.05) is 31.6 Å². The molecule has 2 amide bonds. The first kappa shape index (κ1) is 16.1. The van der Waals surface area contributed by atoms with Crippen LogP contribution in [0.25, 0.3) is 0 Å². The van der Waals surface area contributed by atoms with E-state index >= 15 is 0 Å². The summed E-state index contributed by atoms with van der Waals surface area (Å²) in [6.07, 6.45) is 7.00. The van der Waals surface area contributed by atoms with Crippen molar-refractivity contribution < 1.29 is 14.7 Å². The molecule has 1 saturated heterocycles. The van der Waals surface area contributed by atoms with Gasteiger partial charge in [-0.15, -0.1) is 0 Å². The zero-order chi connectivity index (χ0) is 15.2. The van der Waals surface area contributed by atoms with Crippen LogP contribution in [0.15, 0.2) is 0 Å². The maximum absolute atomic E-state index is 12.2. The molecule has 0 aromatic carbocycles. The van der Waals surface area contributed by atoms with Crippen LogP contribution >= 0.6 is 0 Å². The van der Waals surface area contributed by atoms with E-state index in [4.69, 9.17) is 10.8 Å². The van der Waals surface area contributed by atoms with E-state index in [2.05, 4.69) is 5.32 Å². The Labute approximate surface area is 126 Å². The lowest BCUT2D eigenvalue weighted by molar-refractivity contribution is -0.137. The van der Waals surface area contributed by atoms with Crippen molar-refractivity contribution in [2.75, 3.05) is 13.1 Å². The fraction of sp³-hybridized carbons (Fsp3) is 0.867. The number of carboxylic acids is 1. The average molecular weight is 297 g/mol. The van der Waals surface area contributed by atoms with Gasteiger partial charge in [0.05, 0.1) is 0 Å². The summed E-state index contributed by atoms with van der Waals surface area (Å²) in [5.74, 6) is -0.302. The van der Waals surface area contributed by atoms with Crippen LogP contribution < -0.4 is 11.1 Å². The van der Waals surface area contributed by atoms with Crippen LogP contribution in [0.5, 0.6) is 0 Å². The smallest absolute Gasteiger partial charge is 0.317 e. The molecule has 2 rings (SSSR count). The van der Waals surface area contributed by atoms with Crippen LogP contribution in [0, 0.1) is 5.92 Å². The van der Waals surface area contributed by atoms with Crippen molar-refractivity contribution in [2.45, 2.75) is 63.5 Å². The van der Waals surface area contributed by atoms with Gasteiger partial charge in [0.25, 0.3) is 0 Å². The molecule has 4 N–H and O–H groups in total. The van der Waals surface area contributed by atoms with E-state index in [1.165, 1.54) is 0 Å². The maximum Gasteiger partial charge on any atom is 0.317 e. The summed E-state index contributed by atoms with van der Waals surface area (Å²) in [4.78, 5) is 24.7. The van der Waals surface area contributed by atoms with Crippen LogP contribution in [0.3, 0.4) is 0 Å². The normalized spacial score (nSPS) is 27.4. The number of hydrogen-bond acceptors (Lipinski definition) is 3. The van der Waals surface area contributed by atoms with E-state index < -0.39 is 5.97 Å². The highest BCUT2D eigenvalue weighted by Gasteiger charge is 2.27. The van der Waals surface area contributed by atoms with Crippen LogP contribution in [0.2, 0.25) is 0 Å². The number of nitrogens with zero attached hydrogens (tertiary/aromatic N) is 1. The summed E-state index contributed by atoms with van der Waals surface area (Å²) in [5, 5.41) is 11.8. The molecule has 6 nitrogen and oxygen atoms in total. The molecular formula is C15H27N3O3. The number of carboxylic acid groups (broad SMARTS) is 1. The molecule has 6 heteroatoms. The van der Waals surface area contributed by atoms with E-state index in [-0.39, 0.29) is 24.5 Å². The number of amides is 2. The van der Waals surface area contributed by atoms with E-state index in [9.17, 15) is 9.59 Å². The minimum Gasteiger partial charge on any atom is -0.481 e. The molecule has 0 aromatic heterocycles. The molecule has 2 atom stereocenters.